The normalized spacial score (nSPS) is 16.9. The lowest BCUT2D eigenvalue weighted by molar-refractivity contribution is 0.0504. The maximum Gasteiger partial charge on any atom is 0.341 e. The summed E-state index contributed by atoms with van der Waals surface area (Å²) in [6.45, 7) is 9.35. The minimum Gasteiger partial charge on any atom is -0.477 e. The molecule has 0 amide bonds. The number of pyridine rings is 1. The Labute approximate surface area is 247 Å². The Balaban J connectivity index is 1.30. The highest BCUT2D eigenvalue weighted by atomic mass is 32.1. The number of hydrogen-bond donors (Lipinski definition) is 2. The number of carbonyl (C=O) groups excluding carboxylic acids is 1. The van der Waals surface area contributed by atoms with E-state index in [1.54, 1.807) is 15.9 Å². The van der Waals surface area contributed by atoms with E-state index in [1.165, 1.54) is 17.3 Å². The quantitative estimate of drug-likeness (QED) is 0.304. The molecule has 1 saturated heterocycles. The lowest BCUT2D eigenvalue weighted by Gasteiger charge is -2.36. The Hall–Kier alpha value is -3.58. The highest BCUT2D eigenvalue weighted by Gasteiger charge is 2.30. The van der Waals surface area contributed by atoms with E-state index in [2.05, 4.69) is 27.1 Å². The fourth-order valence-electron chi connectivity index (χ4n) is 5.32. The minimum atomic E-state index is -1.27. The van der Waals surface area contributed by atoms with E-state index in [-0.39, 0.29) is 16.9 Å². The molecule has 3 aromatic heterocycles. The van der Waals surface area contributed by atoms with Gasteiger partial charge in [0.15, 0.2) is 5.11 Å². The number of ether oxygens (including phenoxy) is 1. The molecule has 0 aromatic carbocycles. The van der Waals surface area contributed by atoms with Crippen LogP contribution in [0.3, 0.4) is 0 Å². The second kappa shape index (κ2) is 12.1. The van der Waals surface area contributed by atoms with Crippen LogP contribution >= 0.6 is 23.6 Å². The number of aromatic carboxylic acids is 1. The molecule has 1 fully saturated rings. The maximum absolute atomic E-state index is 13.0. The van der Waals surface area contributed by atoms with Crippen molar-refractivity contribution in [3.8, 4) is 0 Å². The number of carboxylic acid groups (broad SMARTS) is 1. The molecule has 2 aliphatic rings. The summed E-state index contributed by atoms with van der Waals surface area (Å²) >= 11 is 7.39. The van der Waals surface area contributed by atoms with E-state index < -0.39 is 11.4 Å². The van der Waals surface area contributed by atoms with Gasteiger partial charge >= 0.3 is 11.9 Å². The van der Waals surface area contributed by atoms with Gasteiger partial charge in [0.25, 0.3) is 0 Å². The second-order valence-electron chi connectivity index (χ2n) is 10.5. The van der Waals surface area contributed by atoms with Gasteiger partial charge in [0.1, 0.15) is 16.2 Å². The largest absolute Gasteiger partial charge is 0.477 e. The number of aromatic nitrogens is 3. The standard InChI is InChI=1S/C28H34N6O5S2/c1-4-12-39-26(38)21-17-7-6-16(3)13-20(17)41-24(21)31-28(40)34-10-8-33(9-11-34)27-29-14-18-22(35)19(25(36)37)15-32(5-2)23(18)30-27/h14-16H,4-13H2,1-3H3,(H,31,40)(H,36,37)/t16-/m1/s1. The monoisotopic (exact) mass is 598 g/mol. The predicted octanol–water partition coefficient (Wildman–Crippen LogP) is 3.78. The van der Waals surface area contributed by atoms with Gasteiger partial charge in [0.2, 0.25) is 11.4 Å². The third-order valence-corrected chi connectivity index (χ3v) is 9.13. The van der Waals surface area contributed by atoms with Gasteiger partial charge in [-0.05, 0) is 56.3 Å². The number of esters is 1. The molecule has 0 spiro atoms. The molecule has 13 heteroatoms. The second-order valence-corrected chi connectivity index (χ2v) is 12.0. The number of thiocarbonyl (C=S) groups is 1. The number of carboxylic acids is 1. The molecule has 5 rings (SSSR count). The van der Waals surface area contributed by atoms with Crippen LogP contribution in [0.5, 0.6) is 0 Å². The Kier molecular flexibility index (Phi) is 8.55. The van der Waals surface area contributed by atoms with Gasteiger partial charge in [0.05, 0.1) is 17.6 Å². The molecule has 1 atom stereocenters. The molecule has 218 valence electrons. The Morgan fingerprint density at radius 3 is 2.68 bits per heavy atom. The van der Waals surface area contributed by atoms with Crippen LogP contribution in [0.1, 0.15) is 64.8 Å². The average molecular weight is 599 g/mol. The van der Waals surface area contributed by atoms with Crippen LogP contribution < -0.4 is 15.6 Å². The van der Waals surface area contributed by atoms with Crippen molar-refractivity contribution in [1.82, 2.24) is 19.4 Å². The molecule has 0 bridgehead atoms. The van der Waals surface area contributed by atoms with Crippen molar-refractivity contribution < 1.29 is 19.4 Å². The van der Waals surface area contributed by atoms with Gasteiger partial charge in [-0.25, -0.2) is 14.6 Å². The number of thiophene rings is 1. The SMILES string of the molecule is CCCOC(=O)c1c(NC(=S)N2CCN(c3ncc4c(=O)c(C(=O)O)cn(CC)c4n3)CC2)sc2c1CC[C@@H](C)C2. The fourth-order valence-corrected chi connectivity index (χ4v) is 7.06. The first-order chi connectivity index (χ1) is 19.7. The summed E-state index contributed by atoms with van der Waals surface area (Å²) < 4.78 is 7.19. The number of anilines is 2. The van der Waals surface area contributed by atoms with Crippen molar-refractivity contribution in [3.05, 3.63) is 44.2 Å². The number of rotatable bonds is 7. The fraction of sp³-hybridized carbons (Fsp3) is 0.500. The molecule has 4 heterocycles. The third kappa shape index (κ3) is 5.78. The number of piperazine rings is 1. The van der Waals surface area contributed by atoms with Crippen LogP contribution in [0, 0.1) is 5.92 Å². The van der Waals surface area contributed by atoms with Crippen molar-refractivity contribution in [2.24, 2.45) is 5.92 Å². The molecular formula is C28H34N6O5S2. The zero-order valence-corrected chi connectivity index (χ0v) is 25.1. The van der Waals surface area contributed by atoms with Gasteiger partial charge in [-0.3, -0.25) is 4.79 Å². The average Bonchev–Trinajstić information content (AvgIpc) is 3.32. The highest BCUT2D eigenvalue weighted by molar-refractivity contribution is 7.80. The molecule has 2 N–H and O–H groups in total. The van der Waals surface area contributed by atoms with Gasteiger partial charge in [0, 0.05) is 50.0 Å². The lowest BCUT2D eigenvalue weighted by Crippen LogP contribution is -2.50. The minimum absolute atomic E-state index is 0.181. The van der Waals surface area contributed by atoms with Gasteiger partial charge in [-0.2, -0.15) is 4.98 Å². The number of fused-ring (bicyclic) bond motifs is 2. The van der Waals surface area contributed by atoms with Gasteiger partial charge in [-0.15, -0.1) is 11.3 Å². The molecule has 3 aromatic rings. The zero-order chi connectivity index (χ0) is 29.3. The first-order valence-electron chi connectivity index (χ1n) is 14.0. The van der Waals surface area contributed by atoms with Crippen molar-refractivity contribution in [2.75, 3.05) is 43.0 Å². The van der Waals surface area contributed by atoms with Crippen molar-refractivity contribution in [3.63, 3.8) is 0 Å². The number of aryl methyl sites for hydroxylation is 1. The number of nitrogens with zero attached hydrogens (tertiary/aromatic N) is 5. The van der Waals surface area contributed by atoms with Crippen LogP contribution in [0.25, 0.3) is 11.0 Å². The molecule has 0 radical (unpaired) electrons. The molecule has 0 unspecified atom stereocenters. The summed E-state index contributed by atoms with van der Waals surface area (Å²) in [5.74, 6) is -0.506. The number of nitrogens with one attached hydrogen (secondary N) is 1. The van der Waals surface area contributed by atoms with E-state index in [0.29, 0.717) is 67.5 Å². The summed E-state index contributed by atoms with van der Waals surface area (Å²) in [5.41, 5.74) is 1.24. The summed E-state index contributed by atoms with van der Waals surface area (Å²) in [6, 6.07) is 0. The van der Waals surface area contributed by atoms with Crippen LogP contribution in [0.15, 0.2) is 17.2 Å². The first kappa shape index (κ1) is 28.9. The predicted molar refractivity (Wildman–Crippen MR) is 163 cm³/mol. The van der Waals surface area contributed by atoms with Crippen LogP contribution in [-0.2, 0) is 24.1 Å². The zero-order valence-electron chi connectivity index (χ0n) is 23.4. The van der Waals surface area contributed by atoms with Crippen LogP contribution in [-0.4, -0.2) is 74.4 Å². The molecule has 11 nitrogen and oxygen atoms in total. The van der Waals surface area contributed by atoms with Crippen molar-refractivity contribution in [1.29, 1.82) is 0 Å². The van der Waals surface area contributed by atoms with E-state index >= 15 is 0 Å². The van der Waals surface area contributed by atoms with Gasteiger partial charge in [-0.1, -0.05) is 13.8 Å². The summed E-state index contributed by atoms with van der Waals surface area (Å²) in [4.78, 5) is 51.5. The van der Waals surface area contributed by atoms with E-state index in [0.717, 1.165) is 36.2 Å². The molecule has 1 aliphatic heterocycles. The van der Waals surface area contributed by atoms with E-state index in [9.17, 15) is 19.5 Å². The summed E-state index contributed by atoms with van der Waals surface area (Å²) in [5, 5.41) is 14.3. The first-order valence-corrected chi connectivity index (χ1v) is 15.2. The number of carbonyl (C=O) groups is 2. The van der Waals surface area contributed by atoms with E-state index in [4.69, 9.17) is 17.0 Å². The van der Waals surface area contributed by atoms with Crippen LogP contribution in [0.2, 0.25) is 0 Å². The Morgan fingerprint density at radius 2 is 2.00 bits per heavy atom. The van der Waals surface area contributed by atoms with Crippen molar-refractivity contribution >= 4 is 62.6 Å². The van der Waals surface area contributed by atoms with Gasteiger partial charge < -0.3 is 29.5 Å². The molecule has 41 heavy (non-hydrogen) atoms. The number of hydrogen-bond acceptors (Lipinski definition) is 9. The summed E-state index contributed by atoms with van der Waals surface area (Å²) in [7, 11) is 0. The molecule has 1 aliphatic carbocycles. The Morgan fingerprint density at radius 1 is 1.24 bits per heavy atom. The van der Waals surface area contributed by atoms with Crippen molar-refractivity contribution in [2.45, 2.75) is 53.0 Å². The third-order valence-electron chi connectivity index (χ3n) is 7.60. The highest BCUT2D eigenvalue weighted by Crippen LogP contribution is 2.40. The van der Waals surface area contributed by atoms with E-state index in [1.807, 2.05) is 18.7 Å². The molecule has 0 saturated carbocycles. The van der Waals surface area contributed by atoms with Crippen LogP contribution in [0.4, 0.5) is 10.9 Å². The summed E-state index contributed by atoms with van der Waals surface area (Å²) in [6.07, 6.45) is 6.39. The lowest BCUT2D eigenvalue weighted by atomic mass is 9.88. The molecular weight excluding hydrogens is 564 g/mol. The smallest absolute Gasteiger partial charge is 0.341 e. The topological polar surface area (TPSA) is 130 Å². The maximum atomic E-state index is 13.0. The Bertz CT molecular complexity index is 1560.